The molecule has 12 heavy (non-hydrogen) atoms. The number of ether oxygens (including phenoxy) is 1. The fourth-order valence-electron chi connectivity index (χ4n) is 1.13. The van der Waals surface area contributed by atoms with Crippen LogP contribution in [0.5, 0.6) is 0 Å². The van der Waals surface area contributed by atoms with Crippen molar-refractivity contribution < 1.29 is 9.84 Å². The van der Waals surface area contributed by atoms with Crippen LogP contribution in [0.25, 0.3) is 0 Å². The molecule has 2 atom stereocenters. The summed E-state index contributed by atoms with van der Waals surface area (Å²) in [5, 5.41) is 10.1. The van der Waals surface area contributed by atoms with Crippen molar-refractivity contribution in [2.45, 2.75) is 17.8 Å². The van der Waals surface area contributed by atoms with E-state index < -0.39 is 0 Å². The zero-order chi connectivity index (χ0) is 8.81. The third kappa shape index (κ3) is 4.03. The number of aliphatic hydroxyl groups excluding tert-OH is 1. The number of thioether (sulfide) groups is 2. The molecule has 1 fully saturated rings. The lowest BCUT2D eigenvalue weighted by Crippen LogP contribution is -2.18. The van der Waals surface area contributed by atoms with E-state index in [0.717, 1.165) is 11.0 Å². The molecule has 0 aromatic rings. The van der Waals surface area contributed by atoms with Crippen molar-refractivity contribution in [1.82, 2.24) is 0 Å². The van der Waals surface area contributed by atoms with Gasteiger partial charge in [-0.3, -0.25) is 0 Å². The Balaban J connectivity index is 1.99. The monoisotopic (exact) mass is 208 g/mol. The van der Waals surface area contributed by atoms with Crippen molar-refractivity contribution in [3.63, 3.8) is 0 Å². The van der Waals surface area contributed by atoms with Crippen molar-refractivity contribution in [3.05, 3.63) is 0 Å². The Kier molecular flexibility index (Phi) is 5.47. The average molecular weight is 208 g/mol. The van der Waals surface area contributed by atoms with Crippen LogP contribution >= 0.6 is 23.5 Å². The first-order valence-corrected chi connectivity index (χ1v) is 6.39. The second kappa shape index (κ2) is 6.13. The fraction of sp³-hybridized carbons (Fsp3) is 1.00. The lowest BCUT2D eigenvalue weighted by molar-refractivity contribution is 0.0793. The molecule has 2 nitrogen and oxygen atoms in total. The second-order valence-corrected chi connectivity index (χ2v) is 5.41. The molecule has 1 heterocycles. The minimum atomic E-state index is -0.286. The van der Waals surface area contributed by atoms with Gasteiger partial charge >= 0.3 is 0 Å². The van der Waals surface area contributed by atoms with Gasteiger partial charge in [-0.1, -0.05) is 0 Å². The molecule has 0 aromatic heterocycles. The smallest absolute Gasteiger partial charge is 0.0863 e. The third-order valence-electron chi connectivity index (χ3n) is 1.77. The van der Waals surface area contributed by atoms with Gasteiger partial charge < -0.3 is 9.84 Å². The van der Waals surface area contributed by atoms with Gasteiger partial charge in [0.15, 0.2) is 0 Å². The first kappa shape index (κ1) is 10.7. The summed E-state index contributed by atoms with van der Waals surface area (Å²) in [5.74, 6) is 3.36. The predicted molar refractivity (Wildman–Crippen MR) is 56.1 cm³/mol. The van der Waals surface area contributed by atoms with E-state index in [1.54, 1.807) is 7.11 Å². The molecule has 0 spiro atoms. The lowest BCUT2D eigenvalue weighted by atomic mass is 10.4. The third-order valence-corrected chi connectivity index (χ3v) is 4.60. The Morgan fingerprint density at radius 3 is 3.17 bits per heavy atom. The largest absolute Gasteiger partial charge is 0.390 e. The molecule has 72 valence electrons. The van der Waals surface area contributed by atoms with E-state index in [1.807, 2.05) is 23.5 Å². The summed E-state index contributed by atoms with van der Waals surface area (Å²) in [6, 6.07) is 0. The van der Waals surface area contributed by atoms with Crippen molar-refractivity contribution in [2.24, 2.45) is 0 Å². The Labute approximate surface area is 82.4 Å². The fourth-order valence-corrected chi connectivity index (χ4v) is 3.88. The topological polar surface area (TPSA) is 29.5 Å². The summed E-state index contributed by atoms with van der Waals surface area (Å²) in [7, 11) is 1.62. The van der Waals surface area contributed by atoms with Crippen LogP contribution in [-0.2, 0) is 4.74 Å². The van der Waals surface area contributed by atoms with Gasteiger partial charge in [0.25, 0.3) is 0 Å². The maximum atomic E-state index is 9.36. The van der Waals surface area contributed by atoms with Crippen molar-refractivity contribution in [2.75, 3.05) is 31.0 Å². The van der Waals surface area contributed by atoms with Crippen LogP contribution in [-0.4, -0.2) is 47.4 Å². The van der Waals surface area contributed by atoms with E-state index in [4.69, 9.17) is 4.74 Å². The summed E-state index contributed by atoms with van der Waals surface area (Å²) in [4.78, 5) is 0. The van der Waals surface area contributed by atoms with Gasteiger partial charge in [0.05, 0.1) is 12.7 Å². The minimum absolute atomic E-state index is 0.286. The lowest BCUT2D eigenvalue weighted by Gasteiger charge is -2.11. The molecule has 4 heteroatoms. The molecule has 1 saturated heterocycles. The highest BCUT2D eigenvalue weighted by atomic mass is 32.2. The molecule has 0 amide bonds. The second-order valence-electron chi connectivity index (χ2n) is 2.93. The minimum Gasteiger partial charge on any atom is -0.390 e. The molecule has 0 saturated carbocycles. The molecular formula is C8H16O2S2. The summed E-state index contributed by atoms with van der Waals surface area (Å²) in [6.07, 6.45) is 1.01. The molecule has 1 N–H and O–H groups in total. The molecule has 2 unspecified atom stereocenters. The zero-order valence-electron chi connectivity index (χ0n) is 7.36. The predicted octanol–water partition coefficient (Wildman–Crippen LogP) is 1.23. The van der Waals surface area contributed by atoms with Crippen LogP contribution in [0.2, 0.25) is 0 Å². The van der Waals surface area contributed by atoms with Crippen LogP contribution in [0.15, 0.2) is 0 Å². The van der Waals surface area contributed by atoms with Gasteiger partial charge in [0.2, 0.25) is 0 Å². The normalized spacial score (nSPS) is 26.0. The van der Waals surface area contributed by atoms with Crippen LogP contribution < -0.4 is 0 Å². The molecule has 0 aromatic carbocycles. The summed E-state index contributed by atoms with van der Waals surface area (Å²) < 4.78 is 4.85. The Hall–Kier alpha value is 0.620. The Bertz CT molecular complexity index is 116. The van der Waals surface area contributed by atoms with Gasteiger partial charge in [-0.05, 0) is 12.2 Å². The number of aliphatic hydroxyl groups is 1. The number of methoxy groups -OCH3 is 1. The van der Waals surface area contributed by atoms with E-state index >= 15 is 0 Å². The summed E-state index contributed by atoms with van der Waals surface area (Å²) in [5.41, 5.74) is 0. The molecule has 1 aliphatic heterocycles. The maximum Gasteiger partial charge on any atom is 0.0863 e. The molecule has 0 radical (unpaired) electrons. The highest BCUT2D eigenvalue weighted by Crippen LogP contribution is 2.28. The number of rotatable bonds is 5. The van der Waals surface area contributed by atoms with Crippen LogP contribution in [0.1, 0.15) is 6.42 Å². The first-order valence-electron chi connectivity index (χ1n) is 4.19. The SMILES string of the molecule is COCC(O)CSC1CCSC1. The van der Waals surface area contributed by atoms with Crippen LogP contribution in [0.3, 0.4) is 0 Å². The van der Waals surface area contributed by atoms with Gasteiger partial charge in [-0.25, -0.2) is 0 Å². The zero-order valence-corrected chi connectivity index (χ0v) is 9.00. The molecular weight excluding hydrogens is 192 g/mol. The number of hydrogen-bond acceptors (Lipinski definition) is 4. The molecule has 1 rings (SSSR count). The quantitative estimate of drug-likeness (QED) is 0.736. The van der Waals surface area contributed by atoms with E-state index in [0.29, 0.717) is 6.61 Å². The highest BCUT2D eigenvalue weighted by Gasteiger charge is 2.17. The van der Waals surface area contributed by atoms with Crippen LogP contribution in [0, 0.1) is 0 Å². The van der Waals surface area contributed by atoms with Gasteiger partial charge in [-0.15, -0.1) is 0 Å². The number of hydrogen-bond donors (Lipinski definition) is 1. The maximum absolute atomic E-state index is 9.36. The highest BCUT2D eigenvalue weighted by molar-refractivity contribution is 8.04. The first-order chi connectivity index (χ1) is 5.83. The Morgan fingerprint density at radius 2 is 2.58 bits per heavy atom. The van der Waals surface area contributed by atoms with Crippen molar-refractivity contribution in [1.29, 1.82) is 0 Å². The van der Waals surface area contributed by atoms with Crippen molar-refractivity contribution in [3.8, 4) is 0 Å². The molecule has 0 aliphatic carbocycles. The molecule has 1 aliphatic rings. The summed E-state index contributed by atoms with van der Waals surface area (Å²) in [6.45, 7) is 0.465. The van der Waals surface area contributed by atoms with Crippen LogP contribution in [0.4, 0.5) is 0 Å². The Morgan fingerprint density at radius 1 is 1.75 bits per heavy atom. The van der Waals surface area contributed by atoms with E-state index in [-0.39, 0.29) is 6.10 Å². The summed E-state index contributed by atoms with van der Waals surface area (Å²) >= 11 is 3.89. The van der Waals surface area contributed by atoms with E-state index in [1.165, 1.54) is 17.9 Å². The van der Waals surface area contributed by atoms with Gasteiger partial charge in [0, 0.05) is 23.9 Å². The van der Waals surface area contributed by atoms with Gasteiger partial charge in [0.1, 0.15) is 0 Å². The van der Waals surface area contributed by atoms with E-state index in [9.17, 15) is 5.11 Å². The van der Waals surface area contributed by atoms with Gasteiger partial charge in [-0.2, -0.15) is 23.5 Å². The average Bonchev–Trinajstić information content (AvgIpc) is 2.53. The molecule has 0 bridgehead atoms. The standard InChI is InChI=1S/C8H16O2S2/c1-10-4-7(9)5-12-8-2-3-11-6-8/h7-9H,2-6H2,1H3. The van der Waals surface area contributed by atoms with E-state index in [2.05, 4.69) is 0 Å². The van der Waals surface area contributed by atoms with Crippen molar-refractivity contribution >= 4 is 23.5 Å².